The molecule has 2 aromatic carbocycles. The number of likely N-dealkylation sites (tertiary alicyclic amines) is 1. The highest BCUT2D eigenvalue weighted by Crippen LogP contribution is 2.40. The smallest absolute Gasteiger partial charge is 0.414 e. The van der Waals surface area contributed by atoms with Crippen LogP contribution in [-0.2, 0) is 21.4 Å². The molecular weight excluding hydrogens is 426 g/mol. The lowest BCUT2D eigenvalue weighted by molar-refractivity contribution is -0.159. The van der Waals surface area contributed by atoms with Gasteiger partial charge >= 0.3 is 11.9 Å². The number of para-hydroxylation sites is 1. The predicted octanol–water partition coefficient (Wildman–Crippen LogP) is 2.84. The number of aromatic nitrogens is 2. The van der Waals surface area contributed by atoms with E-state index >= 15 is 0 Å². The van der Waals surface area contributed by atoms with Crippen LogP contribution in [0.25, 0.3) is 0 Å². The Morgan fingerprint density at radius 1 is 1.03 bits per heavy atom. The first-order valence-corrected chi connectivity index (χ1v) is 10.5. The average Bonchev–Trinajstić information content (AvgIpc) is 3.30. The molecule has 1 fully saturated rings. The van der Waals surface area contributed by atoms with Crippen LogP contribution in [0.5, 0.6) is 5.75 Å². The summed E-state index contributed by atoms with van der Waals surface area (Å²) in [6, 6.07) is 18.5. The molecule has 33 heavy (non-hydrogen) atoms. The van der Waals surface area contributed by atoms with Crippen molar-refractivity contribution in [2.24, 2.45) is 0 Å². The summed E-state index contributed by atoms with van der Waals surface area (Å²) >= 11 is 0. The van der Waals surface area contributed by atoms with Crippen LogP contribution in [0.1, 0.15) is 35.7 Å². The zero-order chi connectivity index (χ0) is 23.8. The summed E-state index contributed by atoms with van der Waals surface area (Å²) in [4.78, 5) is 25.4. The van der Waals surface area contributed by atoms with Crippen LogP contribution in [-0.4, -0.2) is 64.4 Å². The molecule has 0 aliphatic carbocycles. The highest BCUT2D eigenvalue weighted by atomic mass is 16.5. The lowest BCUT2D eigenvalue weighted by Crippen LogP contribution is -2.41. The number of rotatable bonds is 5. The summed E-state index contributed by atoms with van der Waals surface area (Å²) in [7, 11) is 3.85. The van der Waals surface area contributed by atoms with Gasteiger partial charge in [-0.2, -0.15) is 4.98 Å². The molecule has 1 aliphatic heterocycles. The first-order chi connectivity index (χ1) is 15.9. The van der Waals surface area contributed by atoms with E-state index in [0.717, 1.165) is 43.1 Å². The Kier molecular flexibility index (Phi) is 7.78. The number of methoxy groups -OCH3 is 1. The molecule has 1 aromatic heterocycles. The van der Waals surface area contributed by atoms with E-state index in [0.29, 0.717) is 12.2 Å². The number of piperidine rings is 1. The van der Waals surface area contributed by atoms with Gasteiger partial charge in [0.2, 0.25) is 5.89 Å². The molecule has 0 amide bonds. The van der Waals surface area contributed by atoms with Gasteiger partial charge in [0.25, 0.3) is 0 Å². The van der Waals surface area contributed by atoms with Gasteiger partial charge in [-0.15, -0.1) is 0 Å². The van der Waals surface area contributed by atoms with Gasteiger partial charge in [0.15, 0.2) is 5.82 Å². The molecule has 0 radical (unpaired) electrons. The van der Waals surface area contributed by atoms with Crippen molar-refractivity contribution in [3.63, 3.8) is 0 Å². The largest absolute Gasteiger partial charge is 0.496 e. The van der Waals surface area contributed by atoms with Crippen LogP contribution in [0.15, 0.2) is 59.1 Å². The molecule has 0 saturated carbocycles. The van der Waals surface area contributed by atoms with Crippen LogP contribution < -0.4 is 4.74 Å². The molecular formula is C24H27N3O6. The zero-order valence-electron chi connectivity index (χ0n) is 18.6. The topological polar surface area (TPSA) is 126 Å². The third-order valence-electron chi connectivity index (χ3n) is 5.77. The predicted molar refractivity (Wildman–Crippen MR) is 119 cm³/mol. The highest BCUT2D eigenvalue weighted by molar-refractivity contribution is 6.27. The minimum atomic E-state index is -1.82. The molecule has 0 bridgehead atoms. The first-order valence-electron chi connectivity index (χ1n) is 10.5. The Labute approximate surface area is 191 Å². The summed E-state index contributed by atoms with van der Waals surface area (Å²) in [6.07, 6.45) is 2.55. The fraction of sp³-hybridized carbons (Fsp3) is 0.333. The van der Waals surface area contributed by atoms with Gasteiger partial charge in [-0.1, -0.05) is 53.7 Å². The van der Waals surface area contributed by atoms with Crippen LogP contribution in [0.2, 0.25) is 0 Å². The van der Waals surface area contributed by atoms with Crippen molar-refractivity contribution < 1.29 is 29.1 Å². The number of hydrogen-bond acceptors (Lipinski definition) is 7. The maximum absolute atomic E-state index is 9.10. The van der Waals surface area contributed by atoms with E-state index in [1.165, 1.54) is 5.56 Å². The van der Waals surface area contributed by atoms with Gasteiger partial charge in [0.05, 0.1) is 12.5 Å². The van der Waals surface area contributed by atoms with Crippen molar-refractivity contribution in [1.29, 1.82) is 0 Å². The fourth-order valence-electron chi connectivity index (χ4n) is 3.92. The summed E-state index contributed by atoms with van der Waals surface area (Å²) in [5.74, 6) is -1.37. The second-order valence-corrected chi connectivity index (χ2v) is 7.87. The quantitative estimate of drug-likeness (QED) is 0.561. The van der Waals surface area contributed by atoms with Crippen LogP contribution in [0, 0.1) is 0 Å². The van der Waals surface area contributed by atoms with Gasteiger partial charge in [-0.05, 0) is 44.6 Å². The Bertz CT molecular complexity index is 1060. The lowest BCUT2D eigenvalue weighted by atomic mass is 9.72. The lowest BCUT2D eigenvalue weighted by Gasteiger charge is -2.38. The molecule has 1 saturated heterocycles. The summed E-state index contributed by atoms with van der Waals surface area (Å²) in [5.41, 5.74) is 2.11. The van der Waals surface area contributed by atoms with E-state index in [9.17, 15) is 0 Å². The number of aliphatic carboxylic acids is 2. The molecule has 3 aromatic rings. The number of carbonyl (C=O) groups is 2. The summed E-state index contributed by atoms with van der Waals surface area (Å²) < 4.78 is 11.3. The number of nitrogens with zero attached hydrogens (tertiary/aromatic N) is 3. The normalized spacial score (nSPS) is 15.2. The molecule has 9 heteroatoms. The molecule has 2 heterocycles. The van der Waals surface area contributed by atoms with E-state index in [2.05, 4.69) is 41.4 Å². The Morgan fingerprint density at radius 2 is 1.64 bits per heavy atom. The summed E-state index contributed by atoms with van der Waals surface area (Å²) in [5, 5.41) is 19.1. The number of carboxylic acids is 2. The van der Waals surface area contributed by atoms with Crippen molar-refractivity contribution in [1.82, 2.24) is 15.0 Å². The molecule has 174 valence electrons. The SMILES string of the molecule is COc1ccccc1Cc1noc(C2(c3ccccc3)CCN(C)CC2)n1.O=C(O)C(=O)O. The standard InChI is InChI=1S/C22H25N3O2.C2H2O4/c1-25-14-12-22(13-15-25,18-9-4-3-5-10-18)21-23-20(24-27-21)16-17-8-6-7-11-19(17)26-2;3-1(4)2(5)6/h3-11H,12-16H2,1-2H3;(H,3,4)(H,5,6). The third-order valence-corrected chi connectivity index (χ3v) is 5.77. The molecule has 0 unspecified atom stereocenters. The number of hydrogen-bond donors (Lipinski definition) is 2. The van der Waals surface area contributed by atoms with Crippen LogP contribution >= 0.6 is 0 Å². The van der Waals surface area contributed by atoms with E-state index in [4.69, 9.17) is 34.0 Å². The van der Waals surface area contributed by atoms with Gasteiger partial charge in [0, 0.05) is 12.0 Å². The van der Waals surface area contributed by atoms with E-state index in [-0.39, 0.29) is 5.41 Å². The van der Waals surface area contributed by atoms with Crippen LogP contribution in [0.4, 0.5) is 0 Å². The summed E-state index contributed by atoms with van der Waals surface area (Å²) in [6.45, 7) is 2.03. The van der Waals surface area contributed by atoms with Crippen LogP contribution in [0.3, 0.4) is 0 Å². The fourth-order valence-corrected chi connectivity index (χ4v) is 3.92. The molecule has 4 rings (SSSR count). The van der Waals surface area contributed by atoms with Crippen molar-refractivity contribution in [2.75, 3.05) is 27.2 Å². The molecule has 0 spiro atoms. The maximum Gasteiger partial charge on any atom is 0.414 e. The Balaban J connectivity index is 0.000000454. The van der Waals surface area contributed by atoms with E-state index in [1.807, 2.05) is 30.3 Å². The minimum Gasteiger partial charge on any atom is -0.496 e. The third kappa shape index (κ3) is 5.75. The molecule has 1 aliphatic rings. The Hall–Kier alpha value is -3.72. The second kappa shape index (κ2) is 10.7. The van der Waals surface area contributed by atoms with E-state index in [1.54, 1.807) is 7.11 Å². The highest BCUT2D eigenvalue weighted by Gasteiger charge is 2.42. The molecule has 9 nitrogen and oxygen atoms in total. The minimum absolute atomic E-state index is 0.209. The van der Waals surface area contributed by atoms with Gasteiger partial charge in [-0.3, -0.25) is 0 Å². The zero-order valence-corrected chi connectivity index (χ0v) is 18.6. The van der Waals surface area contributed by atoms with Crippen molar-refractivity contribution in [2.45, 2.75) is 24.7 Å². The van der Waals surface area contributed by atoms with Gasteiger partial charge in [0.1, 0.15) is 5.75 Å². The molecule has 0 atom stereocenters. The first kappa shape index (κ1) is 23.9. The van der Waals surface area contributed by atoms with Crippen molar-refractivity contribution in [3.05, 3.63) is 77.4 Å². The number of ether oxygens (including phenoxy) is 1. The monoisotopic (exact) mass is 453 g/mol. The Morgan fingerprint density at radius 3 is 2.24 bits per heavy atom. The second-order valence-electron chi connectivity index (χ2n) is 7.87. The van der Waals surface area contributed by atoms with Crippen molar-refractivity contribution >= 4 is 11.9 Å². The van der Waals surface area contributed by atoms with Gasteiger partial charge < -0.3 is 24.4 Å². The van der Waals surface area contributed by atoms with Crippen molar-refractivity contribution in [3.8, 4) is 5.75 Å². The number of carboxylic acid groups (broad SMARTS) is 2. The maximum atomic E-state index is 9.10. The van der Waals surface area contributed by atoms with E-state index < -0.39 is 11.9 Å². The number of benzene rings is 2. The van der Waals surface area contributed by atoms with Gasteiger partial charge in [-0.25, -0.2) is 9.59 Å². The molecule has 2 N–H and O–H groups in total. The average molecular weight is 453 g/mol.